The largest absolute Gasteiger partial charge is 0.472 e. The van der Waals surface area contributed by atoms with E-state index < -0.39 is 0 Å². The van der Waals surface area contributed by atoms with E-state index in [0.29, 0.717) is 22.9 Å². The van der Waals surface area contributed by atoms with Crippen LogP contribution in [0.3, 0.4) is 0 Å². The Hall–Kier alpha value is -3.35. The monoisotopic (exact) mass is 293 g/mol. The van der Waals surface area contributed by atoms with E-state index in [4.69, 9.17) is 4.42 Å². The van der Waals surface area contributed by atoms with Crippen LogP contribution in [0, 0.1) is 0 Å². The number of fused-ring (bicyclic) bond motifs is 1. The highest BCUT2D eigenvalue weighted by molar-refractivity contribution is 6.03. The predicted molar refractivity (Wildman–Crippen MR) is 80.3 cm³/mol. The summed E-state index contributed by atoms with van der Waals surface area (Å²) >= 11 is 0. The van der Waals surface area contributed by atoms with Crippen molar-refractivity contribution in [2.45, 2.75) is 0 Å². The number of aromatic amines is 2. The lowest BCUT2D eigenvalue weighted by molar-refractivity contribution is 0.102. The van der Waals surface area contributed by atoms with Gasteiger partial charge < -0.3 is 14.7 Å². The lowest BCUT2D eigenvalue weighted by Crippen LogP contribution is -2.10. The molecule has 0 bridgehead atoms. The van der Waals surface area contributed by atoms with Gasteiger partial charge in [-0.25, -0.2) is 4.98 Å². The number of hydrogen-bond acceptors (Lipinski definition) is 4. The molecule has 0 aliphatic carbocycles. The number of carbonyl (C=O) groups excluding carboxylic acids is 1. The van der Waals surface area contributed by atoms with Crippen LogP contribution in [0.1, 0.15) is 10.4 Å². The van der Waals surface area contributed by atoms with Crippen LogP contribution < -0.4 is 5.32 Å². The molecule has 0 fully saturated rings. The zero-order valence-corrected chi connectivity index (χ0v) is 11.3. The summed E-state index contributed by atoms with van der Waals surface area (Å²) in [5.41, 5.74) is 2.94. The fourth-order valence-corrected chi connectivity index (χ4v) is 2.17. The second-order valence-corrected chi connectivity index (χ2v) is 4.74. The van der Waals surface area contributed by atoms with Crippen molar-refractivity contribution in [2.24, 2.45) is 0 Å². The van der Waals surface area contributed by atoms with Crippen LogP contribution in [0.4, 0.5) is 5.82 Å². The number of para-hydroxylation sites is 2. The maximum Gasteiger partial charge on any atom is 0.260 e. The van der Waals surface area contributed by atoms with Crippen molar-refractivity contribution >= 4 is 22.8 Å². The molecule has 0 saturated heterocycles. The molecule has 7 heteroatoms. The minimum atomic E-state index is -0.281. The van der Waals surface area contributed by atoms with Gasteiger partial charge >= 0.3 is 0 Å². The Kier molecular flexibility index (Phi) is 2.75. The second kappa shape index (κ2) is 4.88. The van der Waals surface area contributed by atoms with Gasteiger partial charge in [0, 0.05) is 6.07 Å². The molecule has 1 aromatic carbocycles. The SMILES string of the molecule is O=C(Nc1cc(-c2nc3ccccc3[nH]2)[nH]n1)c1ccoc1. The molecule has 7 nitrogen and oxygen atoms in total. The highest BCUT2D eigenvalue weighted by Crippen LogP contribution is 2.20. The quantitative estimate of drug-likeness (QED) is 0.540. The van der Waals surface area contributed by atoms with Gasteiger partial charge in [-0.05, 0) is 18.2 Å². The number of rotatable bonds is 3. The summed E-state index contributed by atoms with van der Waals surface area (Å²) in [6.45, 7) is 0. The highest BCUT2D eigenvalue weighted by Gasteiger charge is 2.12. The van der Waals surface area contributed by atoms with Crippen molar-refractivity contribution in [2.75, 3.05) is 5.32 Å². The fourth-order valence-electron chi connectivity index (χ4n) is 2.17. The first-order valence-corrected chi connectivity index (χ1v) is 6.64. The van der Waals surface area contributed by atoms with Gasteiger partial charge in [-0.1, -0.05) is 12.1 Å². The molecule has 3 aromatic heterocycles. The zero-order chi connectivity index (χ0) is 14.9. The molecule has 3 heterocycles. The highest BCUT2D eigenvalue weighted by atomic mass is 16.3. The average molecular weight is 293 g/mol. The van der Waals surface area contributed by atoms with Gasteiger partial charge in [0.2, 0.25) is 0 Å². The summed E-state index contributed by atoms with van der Waals surface area (Å²) in [6.07, 6.45) is 2.82. The molecule has 0 unspecified atom stereocenters. The number of carbonyl (C=O) groups is 1. The molecule has 22 heavy (non-hydrogen) atoms. The van der Waals surface area contributed by atoms with E-state index in [1.807, 2.05) is 24.3 Å². The summed E-state index contributed by atoms with van der Waals surface area (Å²) in [6, 6.07) is 11.0. The Labute approximate surface area is 124 Å². The maximum absolute atomic E-state index is 11.9. The van der Waals surface area contributed by atoms with Gasteiger partial charge in [0.05, 0.1) is 22.9 Å². The van der Waals surface area contributed by atoms with Crippen LogP contribution in [0.2, 0.25) is 0 Å². The van der Waals surface area contributed by atoms with Gasteiger partial charge in [-0.15, -0.1) is 0 Å². The number of aromatic nitrogens is 4. The van der Waals surface area contributed by atoms with Gasteiger partial charge in [0.1, 0.15) is 12.0 Å². The molecular weight excluding hydrogens is 282 g/mol. The molecule has 4 aromatic rings. The van der Waals surface area contributed by atoms with Gasteiger partial charge in [-0.3, -0.25) is 9.89 Å². The molecule has 0 atom stereocenters. The lowest BCUT2D eigenvalue weighted by atomic mass is 10.3. The van der Waals surface area contributed by atoms with Crippen molar-refractivity contribution in [3.63, 3.8) is 0 Å². The van der Waals surface area contributed by atoms with E-state index in [-0.39, 0.29) is 5.91 Å². The van der Waals surface area contributed by atoms with E-state index in [1.165, 1.54) is 12.5 Å². The van der Waals surface area contributed by atoms with Gasteiger partial charge in [0.15, 0.2) is 11.6 Å². The Morgan fingerprint density at radius 3 is 2.95 bits per heavy atom. The van der Waals surface area contributed by atoms with Crippen LogP contribution in [0.15, 0.2) is 53.3 Å². The van der Waals surface area contributed by atoms with Crippen LogP contribution >= 0.6 is 0 Å². The molecule has 0 aliphatic rings. The fraction of sp³-hybridized carbons (Fsp3) is 0. The molecule has 0 spiro atoms. The van der Waals surface area contributed by atoms with E-state index in [0.717, 1.165) is 11.0 Å². The summed E-state index contributed by atoms with van der Waals surface area (Å²) in [5, 5.41) is 9.60. The molecule has 0 saturated carbocycles. The molecule has 108 valence electrons. The van der Waals surface area contributed by atoms with Crippen molar-refractivity contribution in [1.82, 2.24) is 20.2 Å². The third-order valence-electron chi connectivity index (χ3n) is 3.25. The van der Waals surface area contributed by atoms with Crippen LogP contribution in [0.5, 0.6) is 0 Å². The van der Waals surface area contributed by atoms with Crippen molar-refractivity contribution < 1.29 is 9.21 Å². The van der Waals surface area contributed by atoms with Gasteiger partial charge in [0.25, 0.3) is 5.91 Å². The van der Waals surface area contributed by atoms with E-state index >= 15 is 0 Å². The van der Waals surface area contributed by atoms with Gasteiger partial charge in [-0.2, -0.15) is 5.10 Å². The molecule has 0 aliphatic heterocycles. The molecule has 1 amide bonds. The average Bonchev–Trinajstić information content (AvgIpc) is 3.26. The first-order chi connectivity index (χ1) is 10.8. The summed E-state index contributed by atoms with van der Waals surface area (Å²) < 4.78 is 4.88. The smallest absolute Gasteiger partial charge is 0.260 e. The van der Waals surface area contributed by atoms with Crippen molar-refractivity contribution in [1.29, 1.82) is 0 Å². The van der Waals surface area contributed by atoms with Crippen LogP contribution in [-0.2, 0) is 0 Å². The predicted octanol–water partition coefficient (Wildman–Crippen LogP) is 2.80. The Morgan fingerprint density at radius 1 is 1.23 bits per heavy atom. The topological polar surface area (TPSA) is 99.6 Å². The number of benzene rings is 1. The summed E-state index contributed by atoms with van der Waals surface area (Å²) in [5.74, 6) is 0.801. The lowest BCUT2D eigenvalue weighted by Gasteiger charge is -1.96. The number of H-pyrrole nitrogens is 2. The number of amides is 1. The third kappa shape index (κ3) is 2.14. The summed E-state index contributed by atoms with van der Waals surface area (Å²) in [4.78, 5) is 19.6. The maximum atomic E-state index is 11.9. The standard InChI is InChI=1S/C15H11N5O2/c21-15(9-5-6-22-8-9)18-13-7-12(19-20-13)14-16-10-3-1-2-4-11(10)17-14/h1-8H,(H,16,17)(H2,18,19,20,21). The Balaban J connectivity index is 1.59. The van der Waals surface area contributed by atoms with E-state index in [1.54, 1.807) is 12.1 Å². The van der Waals surface area contributed by atoms with Crippen LogP contribution in [0.25, 0.3) is 22.6 Å². The Bertz CT molecular complexity index is 903. The number of nitrogens with zero attached hydrogens (tertiary/aromatic N) is 2. The minimum absolute atomic E-state index is 0.281. The molecule has 4 rings (SSSR count). The van der Waals surface area contributed by atoms with E-state index in [2.05, 4.69) is 25.5 Å². The van der Waals surface area contributed by atoms with Crippen molar-refractivity contribution in [3.05, 3.63) is 54.5 Å². The number of imidazole rings is 1. The molecule has 0 radical (unpaired) electrons. The van der Waals surface area contributed by atoms with Crippen molar-refractivity contribution in [3.8, 4) is 11.5 Å². The first kappa shape index (κ1) is 12.4. The number of hydrogen-bond donors (Lipinski definition) is 3. The summed E-state index contributed by atoms with van der Waals surface area (Å²) in [7, 11) is 0. The second-order valence-electron chi connectivity index (χ2n) is 4.74. The molecule has 3 N–H and O–H groups in total. The first-order valence-electron chi connectivity index (χ1n) is 6.64. The van der Waals surface area contributed by atoms with Crippen LogP contribution in [-0.4, -0.2) is 26.1 Å². The molecular formula is C15H11N5O2. The van der Waals surface area contributed by atoms with E-state index in [9.17, 15) is 4.79 Å². The number of anilines is 1. The number of nitrogens with one attached hydrogen (secondary N) is 3. The number of furan rings is 1. The third-order valence-corrected chi connectivity index (χ3v) is 3.25. The Morgan fingerprint density at radius 2 is 2.14 bits per heavy atom. The normalized spacial score (nSPS) is 10.9. The zero-order valence-electron chi connectivity index (χ0n) is 11.3. The minimum Gasteiger partial charge on any atom is -0.472 e.